The summed E-state index contributed by atoms with van der Waals surface area (Å²) >= 11 is 1.61. The van der Waals surface area contributed by atoms with Crippen LogP contribution in [0.25, 0.3) is 11.0 Å². The van der Waals surface area contributed by atoms with Gasteiger partial charge < -0.3 is 9.52 Å². The lowest BCUT2D eigenvalue weighted by atomic mass is 10.1. The van der Waals surface area contributed by atoms with Crippen LogP contribution in [-0.2, 0) is 4.79 Å². The third-order valence-corrected chi connectivity index (χ3v) is 4.39. The molecule has 3 rings (SSSR count). The summed E-state index contributed by atoms with van der Waals surface area (Å²) in [7, 11) is 0. The van der Waals surface area contributed by atoms with Crippen molar-refractivity contribution in [1.82, 2.24) is 5.32 Å². The Morgan fingerprint density at radius 3 is 3.00 bits per heavy atom. The van der Waals surface area contributed by atoms with Gasteiger partial charge in [-0.25, -0.2) is 0 Å². The Labute approximate surface area is 108 Å². The number of aryl methyl sites for hydroxylation is 1. The first-order valence-electron chi connectivity index (χ1n) is 5.75. The third-order valence-electron chi connectivity index (χ3n) is 3.16. The number of benzene rings is 1. The number of rotatable bonds is 2. The van der Waals surface area contributed by atoms with Crippen LogP contribution in [0.1, 0.15) is 16.7 Å². The van der Waals surface area contributed by atoms with Crippen LogP contribution in [0.3, 0.4) is 0 Å². The van der Waals surface area contributed by atoms with Gasteiger partial charge in [-0.2, -0.15) is 0 Å². The summed E-state index contributed by atoms with van der Waals surface area (Å²) in [5.74, 6) is 0.640. The molecule has 2 N–H and O–H groups in total. The fraction of sp³-hybridized carbons (Fsp3) is 0.308. The van der Waals surface area contributed by atoms with Crippen LogP contribution in [0.2, 0.25) is 0 Å². The zero-order valence-electron chi connectivity index (χ0n) is 9.84. The molecule has 2 aromatic rings. The minimum atomic E-state index is -0.796. The predicted molar refractivity (Wildman–Crippen MR) is 70.7 cm³/mol. The maximum absolute atomic E-state index is 11.0. The van der Waals surface area contributed by atoms with Gasteiger partial charge in [-0.15, -0.1) is 11.8 Å². The van der Waals surface area contributed by atoms with E-state index in [4.69, 9.17) is 9.52 Å². The van der Waals surface area contributed by atoms with Crippen molar-refractivity contribution < 1.29 is 14.3 Å². The smallest absolute Gasteiger partial charge is 0.321 e. The fourth-order valence-electron chi connectivity index (χ4n) is 2.29. The van der Waals surface area contributed by atoms with Crippen molar-refractivity contribution in [2.24, 2.45) is 0 Å². The molecule has 0 amide bonds. The van der Waals surface area contributed by atoms with E-state index in [1.807, 2.05) is 31.2 Å². The second kappa shape index (κ2) is 4.33. The number of para-hydroxylation sites is 1. The minimum Gasteiger partial charge on any atom is -0.480 e. The topological polar surface area (TPSA) is 62.5 Å². The van der Waals surface area contributed by atoms with Crippen molar-refractivity contribution in [3.05, 3.63) is 35.6 Å². The molecule has 0 bridgehead atoms. The summed E-state index contributed by atoms with van der Waals surface area (Å²) in [6, 6.07) is 7.37. The van der Waals surface area contributed by atoms with E-state index in [1.54, 1.807) is 11.8 Å². The molecule has 5 heteroatoms. The van der Waals surface area contributed by atoms with Gasteiger partial charge in [0, 0.05) is 16.7 Å². The molecule has 18 heavy (non-hydrogen) atoms. The van der Waals surface area contributed by atoms with Crippen molar-refractivity contribution in [3.8, 4) is 0 Å². The summed E-state index contributed by atoms with van der Waals surface area (Å²) in [6.45, 7) is 1.92. The quantitative estimate of drug-likeness (QED) is 0.871. The van der Waals surface area contributed by atoms with Gasteiger partial charge in [0.25, 0.3) is 0 Å². The molecular weight excluding hydrogens is 250 g/mol. The van der Waals surface area contributed by atoms with E-state index >= 15 is 0 Å². The molecule has 1 aliphatic rings. The summed E-state index contributed by atoms with van der Waals surface area (Å²) in [6.07, 6.45) is 0. The van der Waals surface area contributed by atoms with Crippen molar-refractivity contribution in [3.63, 3.8) is 0 Å². The number of carboxylic acids is 1. The molecule has 4 nitrogen and oxygen atoms in total. The Hall–Kier alpha value is -1.46. The summed E-state index contributed by atoms with van der Waals surface area (Å²) in [4.78, 5) is 11.0. The molecule has 0 aliphatic carbocycles. The van der Waals surface area contributed by atoms with Crippen LogP contribution in [0.15, 0.2) is 28.7 Å². The zero-order valence-corrected chi connectivity index (χ0v) is 10.7. The number of hydrogen-bond acceptors (Lipinski definition) is 4. The normalized spacial score (nSPS) is 23.6. The Balaban J connectivity index is 2.00. The van der Waals surface area contributed by atoms with Crippen LogP contribution in [-0.4, -0.2) is 22.9 Å². The number of furan rings is 1. The van der Waals surface area contributed by atoms with Crippen molar-refractivity contribution >= 4 is 28.7 Å². The van der Waals surface area contributed by atoms with Gasteiger partial charge in [0.2, 0.25) is 0 Å². The molecule has 0 radical (unpaired) electrons. The molecule has 1 fully saturated rings. The molecule has 1 saturated heterocycles. The highest BCUT2D eigenvalue weighted by molar-refractivity contribution is 7.99. The van der Waals surface area contributed by atoms with Crippen LogP contribution < -0.4 is 5.32 Å². The number of fused-ring (bicyclic) bond motifs is 1. The van der Waals surface area contributed by atoms with Gasteiger partial charge in [0.05, 0.1) is 5.37 Å². The molecule has 1 aromatic heterocycles. The van der Waals surface area contributed by atoms with Crippen molar-refractivity contribution in [1.29, 1.82) is 0 Å². The first kappa shape index (κ1) is 11.6. The summed E-state index contributed by atoms with van der Waals surface area (Å²) in [5, 5.41) is 13.2. The monoisotopic (exact) mass is 263 g/mol. The van der Waals surface area contributed by atoms with Gasteiger partial charge in [0.15, 0.2) is 0 Å². The van der Waals surface area contributed by atoms with Crippen LogP contribution in [0.5, 0.6) is 0 Å². The number of carboxylic acid groups (broad SMARTS) is 1. The first-order valence-corrected chi connectivity index (χ1v) is 6.80. The van der Waals surface area contributed by atoms with Crippen LogP contribution in [0.4, 0.5) is 0 Å². The SMILES string of the molecule is Cc1oc2ccccc2c1C1N[C@H](C(=O)O)CS1. The highest BCUT2D eigenvalue weighted by Gasteiger charge is 2.33. The lowest BCUT2D eigenvalue weighted by Crippen LogP contribution is -2.33. The molecule has 94 valence electrons. The fourth-order valence-corrected chi connectivity index (χ4v) is 3.64. The lowest BCUT2D eigenvalue weighted by Gasteiger charge is -2.10. The van der Waals surface area contributed by atoms with E-state index in [0.717, 1.165) is 22.3 Å². The number of thioether (sulfide) groups is 1. The van der Waals surface area contributed by atoms with E-state index in [1.165, 1.54) is 0 Å². The number of carbonyl (C=O) groups is 1. The van der Waals surface area contributed by atoms with Gasteiger partial charge >= 0.3 is 5.97 Å². The Kier molecular flexibility index (Phi) is 2.80. The Morgan fingerprint density at radius 2 is 2.28 bits per heavy atom. The second-order valence-corrected chi connectivity index (χ2v) is 5.48. The van der Waals surface area contributed by atoms with E-state index in [0.29, 0.717) is 5.75 Å². The van der Waals surface area contributed by atoms with Gasteiger partial charge in [-0.05, 0) is 13.0 Å². The van der Waals surface area contributed by atoms with Gasteiger partial charge in [0.1, 0.15) is 17.4 Å². The highest BCUT2D eigenvalue weighted by atomic mass is 32.2. The second-order valence-electron chi connectivity index (χ2n) is 4.34. The number of hydrogen-bond donors (Lipinski definition) is 2. The zero-order chi connectivity index (χ0) is 12.7. The standard InChI is InChI=1S/C13H13NO3S/c1-7-11(8-4-2-3-5-10(8)17-7)12-14-9(6-18-12)13(15)16/h2-5,9,12,14H,6H2,1H3,(H,15,16)/t9-,12?/m0/s1. The molecule has 1 aromatic carbocycles. The van der Waals surface area contributed by atoms with Crippen LogP contribution >= 0.6 is 11.8 Å². The maximum Gasteiger partial charge on any atom is 0.321 e. The lowest BCUT2D eigenvalue weighted by molar-refractivity contribution is -0.138. The predicted octanol–water partition coefficient (Wildman–Crippen LogP) is 2.53. The van der Waals surface area contributed by atoms with Gasteiger partial charge in [-0.1, -0.05) is 18.2 Å². The van der Waals surface area contributed by atoms with Crippen molar-refractivity contribution in [2.45, 2.75) is 18.3 Å². The minimum absolute atomic E-state index is 0.00486. The molecule has 2 atom stereocenters. The molecule has 0 spiro atoms. The average Bonchev–Trinajstić information content (AvgIpc) is 2.91. The molecular formula is C13H13NO3S. The largest absolute Gasteiger partial charge is 0.480 e. The number of aliphatic carboxylic acids is 1. The summed E-state index contributed by atoms with van der Waals surface area (Å²) in [5.41, 5.74) is 1.92. The first-order chi connectivity index (χ1) is 8.66. The van der Waals surface area contributed by atoms with Gasteiger partial charge in [-0.3, -0.25) is 10.1 Å². The average molecular weight is 263 g/mol. The summed E-state index contributed by atoms with van der Waals surface area (Å²) < 4.78 is 5.71. The Bertz CT molecular complexity index is 607. The molecule has 1 aliphatic heterocycles. The van der Waals surface area contributed by atoms with Crippen molar-refractivity contribution in [2.75, 3.05) is 5.75 Å². The maximum atomic E-state index is 11.0. The van der Waals surface area contributed by atoms with E-state index in [2.05, 4.69) is 5.32 Å². The van der Waals surface area contributed by atoms with E-state index in [-0.39, 0.29) is 5.37 Å². The highest BCUT2D eigenvalue weighted by Crippen LogP contribution is 2.39. The molecule has 1 unspecified atom stereocenters. The Morgan fingerprint density at radius 1 is 1.50 bits per heavy atom. The van der Waals surface area contributed by atoms with Crippen LogP contribution in [0, 0.1) is 6.92 Å². The molecule has 2 heterocycles. The number of nitrogens with one attached hydrogen (secondary N) is 1. The molecule has 0 saturated carbocycles. The van der Waals surface area contributed by atoms with E-state index < -0.39 is 12.0 Å². The third kappa shape index (κ3) is 1.79. The van der Waals surface area contributed by atoms with E-state index in [9.17, 15) is 4.79 Å².